The third-order valence-electron chi connectivity index (χ3n) is 4.55. The molecule has 0 atom stereocenters. The number of hydrogen-bond donors (Lipinski definition) is 0. The molecule has 112 valence electrons. The van der Waals surface area contributed by atoms with E-state index < -0.39 is 0 Å². The topological polar surface area (TPSA) is 49.1 Å². The average molecular weight is 295 g/mol. The predicted octanol–water partition coefficient (Wildman–Crippen LogP) is 2.28. The van der Waals surface area contributed by atoms with Crippen molar-refractivity contribution < 1.29 is 4.74 Å². The summed E-state index contributed by atoms with van der Waals surface area (Å²) in [4.78, 5) is 15.9. The summed E-state index contributed by atoms with van der Waals surface area (Å²) in [7, 11) is 3.73. The highest BCUT2D eigenvalue weighted by Crippen LogP contribution is 2.37. The van der Waals surface area contributed by atoms with Gasteiger partial charge >= 0.3 is 0 Å². The van der Waals surface area contributed by atoms with Crippen molar-refractivity contribution in [3.63, 3.8) is 0 Å². The highest BCUT2D eigenvalue weighted by molar-refractivity contribution is 5.92. The number of benzene rings is 1. The molecule has 1 aliphatic heterocycles. The molecule has 1 aliphatic rings. The van der Waals surface area contributed by atoms with Gasteiger partial charge in [-0.3, -0.25) is 4.79 Å². The molecule has 3 aromatic rings. The fourth-order valence-corrected chi connectivity index (χ4v) is 3.53. The first-order valence-electron chi connectivity index (χ1n) is 7.34. The molecule has 0 bridgehead atoms. The van der Waals surface area contributed by atoms with E-state index in [2.05, 4.69) is 26.3 Å². The molecular formula is C17H17N3O2. The standard InChI is InChI=1S/C17H17N3O2/c1-10-18-16(21)9-15-17-12(6-7-20(10)15)13-8-11(22-3)4-5-14(13)19(17)2/h4-5,8-9H,6-7H2,1-3H3. The Morgan fingerprint density at radius 1 is 1.27 bits per heavy atom. The molecule has 0 N–H and O–H groups in total. The summed E-state index contributed by atoms with van der Waals surface area (Å²) in [5.41, 5.74) is 4.32. The van der Waals surface area contributed by atoms with E-state index in [1.54, 1.807) is 13.2 Å². The van der Waals surface area contributed by atoms with Crippen LogP contribution in [0.1, 0.15) is 11.4 Å². The fourth-order valence-electron chi connectivity index (χ4n) is 3.53. The lowest BCUT2D eigenvalue weighted by atomic mass is 10.0. The van der Waals surface area contributed by atoms with Crippen molar-refractivity contribution in [2.75, 3.05) is 7.11 Å². The molecule has 3 heterocycles. The van der Waals surface area contributed by atoms with Crippen molar-refractivity contribution >= 4 is 10.9 Å². The van der Waals surface area contributed by atoms with Gasteiger partial charge in [-0.1, -0.05) is 0 Å². The second kappa shape index (κ2) is 4.47. The van der Waals surface area contributed by atoms with Gasteiger partial charge in [-0.05, 0) is 37.1 Å². The molecule has 0 radical (unpaired) electrons. The first-order valence-corrected chi connectivity index (χ1v) is 7.34. The minimum Gasteiger partial charge on any atom is -0.497 e. The van der Waals surface area contributed by atoms with Crippen molar-refractivity contribution in [1.82, 2.24) is 14.1 Å². The number of rotatable bonds is 1. The lowest BCUT2D eigenvalue weighted by Gasteiger charge is -2.22. The van der Waals surface area contributed by atoms with Crippen molar-refractivity contribution in [2.24, 2.45) is 7.05 Å². The van der Waals surface area contributed by atoms with Gasteiger partial charge in [-0.15, -0.1) is 0 Å². The average Bonchev–Trinajstić information content (AvgIpc) is 2.80. The Morgan fingerprint density at radius 2 is 2.09 bits per heavy atom. The molecule has 4 rings (SSSR count). The molecule has 5 nitrogen and oxygen atoms in total. The van der Waals surface area contributed by atoms with Crippen molar-refractivity contribution in [3.05, 3.63) is 46.0 Å². The van der Waals surface area contributed by atoms with Crippen molar-refractivity contribution in [3.8, 4) is 17.1 Å². The van der Waals surface area contributed by atoms with E-state index >= 15 is 0 Å². The predicted molar refractivity (Wildman–Crippen MR) is 85.4 cm³/mol. The minimum atomic E-state index is -0.181. The molecule has 0 aliphatic carbocycles. The summed E-state index contributed by atoms with van der Waals surface area (Å²) in [6, 6.07) is 7.76. The highest BCUT2D eigenvalue weighted by Gasteiger charge is 2.24. The third-order valence-corrected chi connectivity index (χ3v) is 4.55. The van der Waals surface area contributed by atoms with Gasteiger partial charge in [0.1, 0.15) is 11.6 Å². The molecule has 0 amide bonds. The molecule has 5 heteroatoms. The van der Waals surface area contributed by atoms with Gasteiger partial charge in [0.05, 0.1) is 18.5 Å². The summed E-state index contributed by atoms with van der Waals surface area (Å²) in [5.74, 6) is 1.63. The quantitative estimate of drug-likeness (QED) is 0.692. The summed E-state index contributed by atoms with van der Waals surface area (Å²) in [5, 5.41) is 1.20. The molecule has 1 aromatic carbocycles. The van der Waals surface area contributed by atoms with Crippen LogP contribution in [0.15, 0.2) is 29.1 Å². The first kappa shape index (κ1) is 13.1. The maximum Gasteiger partial charge on any atom is 0.273 e. The van der Waals surface area contributed by atoms with E-state index in [1.807, 2.05) is 20.0 Å². The Bertz CT molecular complexity index is 966. The normalized spacial score (nSPS) is 13.0. The molecule has 0 spiro atoms. The van der Waals surface area contributed by atoms with Gasteiger partial charge in [-0.25, -0.2) is 0 Å². The summed E-state index contributed by atoms with van der Waals surface area (Å²) in [6.07, 6.45) is 0.929. The number of aromatic nitrogens is 3. The summed E-state index contributed by atoms with van der Waals surface area (Å²) >= 11 is 0. The zero-order chi connectivity index (χ0) is 15.4. The van der Waals surface area contributed by atoms with Gasteiger partial charge in [-0.2, -0.15) is 4.98 Å². The largest absolute Gasteiger partial charge is 0.497 e. The Hall–Kier alpha value is -2.56. The molecule has 0 saturated heterocycles. The number of hydrogen-bond acceptors (Lipinski definition) is 3. The number of aryl methyl sites for hydroxylation is 3. The Kier molecular flexibility index (Phi) is 2.66. The van der Waals surface area contributed by atoms with Crippen LogP contribution in [-0.4, -0.2) is 21.2 Å². The maximum absolute atomic E-state index is 11.8. The van der Waals surface area contributed by atoms with Crippen LogP contribution in [-0.2, 0) is 20.0 Å². The first-order chi connectivity index (χ1) is 10.6. The van der Waals surface area contributed by atoms with Crippen LogP contribution in [0, 0.1) is 6.92 Å². The van der Waals surface area contributed by atoms with Crippen LogP contribution in [0.2, 0.25) is 0 Å². The Morgan fingerprint density at radius 3 is 2.86 bits per heavy atom. The SMILES string of the molecule is COc1ccc2c(c1)c1c(n2C)-c2cc(=O)nc(C)n2CC1. The van der Waals surface area contributed by atoms with Gasteiger partial charge in [0.2, 0.25) is 0 Å². The van der Waals surface area contributed by atoms with E-state index in [0.29, 0.717) is 0 Å². The number of methoxy groups -OCH3 is 1. The van der Waals surface area contributed by atoms with E-state index in [4.69, 9.17) is 4.74 Å². The van der Waals surface area contributed by atoms with Gasteiger partial charge in [0, 0.05) is 30.6 Å². The monoisotopic (exact) mass is 295 g/mol. The van der Waals surface area contributed by atoms with Gasteiger partial charge in [0.15, 0.2) is 0 Å². The zero-order valence-corrected chi connectivity index (χ0v) is 12.9. The Balaban J connectivity index is 2.11. The van der Waals surface area contributed by atoms with Crippen molar-refractivity contribution in [1.29, 1.82) is 0 Å². The third kappa shape index (κ3) is 1.65. The van der Waals surface area contributed by atoms with Crippen LogP contribution >= 0.6 is 0 Å². The second-order valence-electron chi connectivity index (χ2n) is 5.70. The van der Waals surface area contributed by atoms with Crippen LogP contribution < -0.4 is 10.3 Å². The Labute approximate surface area is 127 Å². The molecule has 2 aromatic heterocycles. The molecule has 0 unspecified atom stereocenters. The minimum absolute atomic E-state index is 0.181. The van der Waals surface area contributed by atoms with Gasteiger partial charge in [0.25, 0.3) is 5.56 Å². The smallest absolute Gasteiger partial charge is 0.273 e. The number of nitrogens with zero attached hydrogens (tertiary/aromatic N) is 3. The van der Waals surface area contributed by atoms with E-state index in [1.165, 1.54) is 10.9 Å². The second-order valence-corrected chi connectivity index (χ2v) is 5.70. The number of ether oxygens (including phenoxy) is 1. The summed E-state index contributed by atoms with van der Waals surface area (Å²) < 4.78 is 9.64. The molecule has 0 saturated carbocycles. The number of fused-ring (bicyclic) bond motifs is 5. The van der Waals surface area contributed by atoms with Crippen LogP contribution in [0.4, 0.5) is 0 Å². The molecule has 22 heavy (non-hydrogen) atoms. The lowest BCUT2D eigenvalue weighted by molar-refractivity contribution is 0.415. The van der Waals surface area contributed by atoms with Gasteiger partial charge < -0.3 is 13.9 Å². The van der Waals surface area contributed by atoms with E-state index in [9.17, 15) is 4.79 Å². The zero-order valence-electron chi connectivity index (χ0n) is 12.9. The van der Waals surface area contributed by atoms with Crippen LogP contribution in [0.5, 0.6) is 5.75 Å². The van der Waals surface area contributed by atoms with Crippen LogP contribution in [0.3, 0.4) is 0 Å². The summed E-state index contributed by atoms with van der Waals surface area (Å²) in [6.45, 7) is 2.74. The van der Waals surface area contributed by atoms with E-state index in [0.717, 1.165) is 41.4 Å². The highest BCUT2D eigenvalue weighted by atomic mass is 16.5. The molecular weight excluding hydrogens is 278 g/mol. The van der Waals surface area contributed by atoms with Crippen molar-refractivity contribution in [2.45, 2.75) is 19.9 Å². The van der Waals surface area contributed by atoms with E-state index in [-0.39, 0.29) is 5.56 Å². The molecule has 0 fully saturated rings. The maximum atomic E-state index is 11.8. The lowest BCUT2D eigenvalue weighted by Crippen LogP contribution is -2.22. The van der Waals surface area contributed by atoms with Crippen LogP contribution in [0.25, 0.3) is 22.3 Å². The fraction of sp³-hybridized carbons (Fsp3) is 0.294.